The van der Waals surface area contributed by atoms with E-state index < -0.39 is 29.4 Å². The van der Waals surface area contributed by atoms with E-state index in [1.165, 1.54) is 4.90 Å². The molecule has 2 heterocycles. The molecule has 184 valence electrons. The smallest absolute Gasteiger partial charge is 0.325 e. The van der Waals surface area contributed by atoms with E-state index in [0.717, 1.165) is 48.9 Å². The lowest BCUT2D eigenvalue weighted by Gasteiger charge is -2.34. The number of benzene rings is 2. The van der Waals surface area contributed by atoms with Crippen LogP contribution in [0.5, 0.6) is 0 Å². The minimum atomic E-state index is -1.56. The number of carboxylic acids is 1. The van der Waals surface area contributed by atoms with Gasteiger partial charge in [-0.3, -0.25) is 24.6 Å². The summed E-state index contributed by atoms with van der Waals surface area (Å²) in [4.78, 5) is 44.2. The second-order valence-corrected chi connectivity index (χ2v) is 10.4. The minimum absolute atomic E-state index is 0.130. The minimum Gasteiger partial charge on any atom is -0.480 e. The quantitative estimate of drug-likeness (QED) is 0.623. The van der Waals surface area contributed by atoms with Crippen LogP contribution < -0.4 is 10.2 Å². The molecule has 2 aromatic carbocycles. The van der Waals surface area contributed by atoms with Gasteiger partial charge in [0, 0.05) is 38.3 Å². The summed E-state index contributed by atoms with van der Waals surface area (Å²) >= 11 is 0. The summed E-state index contributed by atoms with van der Waals surface area (Å²) in [6, 6.07) is 16.5. The zero-order chi connectivity index (χ0) is 24.7. The number of imide groups is 1. The predicted octanol–water partition coefficient (Wildman–Crippen LogP) is 3.40. The van der Waals surface area contributed by atoms with Crippen molar-refractivity contribution >= 4 is 23.5 Å². The van der Waals surface area contributed by atoms with Gasteiger partial charge < -0.3 is 10.0 Å². The third-order valence-corrected chi connectivity index (χ3v) is 8.10. The maximum absolute atomic E-state index is 13.9. The molecule has 2 saturated heterocycles. The Hall–Kier alpha value is -3.19. The number of amides is 2. The molecule has 0 radical (unpaired) electrons. The fourth-order valence-corrected chi connectivity index (χ4v) is 6.34. The van der Waals surface area contributed by atoms with Crippen LogP contribution in [0.2, 0.25) is 0 Å². The van der Waals surface area contributed by atoms with E-state index in [4.69, 9.17) is 0 Å². The fourth-order valence-electron chi connectivity index (χ4n) is 6.34. The molecule has 2 aromatic rings. The van der Waals surface area contributed by atoms with Crippen LogP contribution in [-0.2, 0) is 20.8 Å². The molecule has 4 atom stereocenters. The highest BCUT2D eigenvalue weighted by atomic mass is 16.4. The number of nitrogens with one attached hydrogen (secondary N) is 1. The Balaban J connectivity index is 1.59. The van der Waals surface area contributed by atoms with Crippen molar-refractivity contribution in [3.05, 3.63) is 65.7 Å². The zero-order valence-corrected chi connectivity index (χ0v) is 20.3. The average molecular weight is 476 g/mol. The van der Waals surface area contributed by atoms with Gasteiger partial charge >= 0.3 is 5.97 Å². The molecule has 5 rings (SSSR count). The molecule has 7 nitrogen and oxygen atoms in total. The molecule has 1 saturated carbocycles. The number of fused-ring (bicyclic) bond motifs is 1. The Kier molecular flexibility index (Phi) is 6.13. The first-order valence-electron chi connectivity index (χ1n) is 12.5. The van der Waals surface area contributed by atoms with Crippen molar-refractivity contribution in [2.75, 3.05) is 19.0 Å². The molecule has 2 aliphatic heterocycles. The van der Waals surface area contributed by atoms with Gasteiger partial charge in [-0.15, -0.1) is 0 Å². The van der Waals surface area contributed by atoms with E-state index in [0.29, 0.717) is 0 Å². The number of aliphatic carboxylic acids is 1. The molecule has 0 aromatic heterocycles. The van der Waals surface area contributed by atoms with Gasteiger partial charge in [0.15, 0.2) is 0 Å². The van der Waals surface area contributed by atoms with Gasteiger partial charge in [-0.25, -0.2) is 0 Å². The molecule has 35 heavy (non-hydrogen) atoms. The maximum Gasteiger partial charge on any atom is 0.325 e. The van der Waals surface area contributed by atoms with E-state index >= 15 is 0 Å². The number of carbonyl (C=O) groups is 3. The van der Waals surface area contributed by atoms with Gasteiger partial charge in [-0.05, 0) is 36.1 Å². The number of likely N-dealkylation sites (tertiary alicyclic amines) is 1. The van der Waals surface area contributed by atoms with Gasteiger partial charge in [0.1, 0.15) is 5.54 Å². The topological polar surface area (TPSA) is 90.0 Å². The van der Waals surface area contributed by atoms with E-state index in [2.05, 4.69) is 5.32 Å². The van der Waals surface area contributed by atoms with Crippen molar-refractivity contribution in [1.29, 1.82) is 0 Å². The third-order valence-electron chi connectivity index (χ3n) is 8.10. The summed E-state index contributed by atoms with van der Waals surface area (Å²) in [6.07, 6.45) is 4.80. The van der Waals surface area contributed by atoms with Crippen LogP contribution in [0.25, 0.3) is 0 Å². The number of carbonyl (C=O) groups excluding carboxylic acids is 2. The second-order valence-electron chi connectivity index (χ2n) is 10.4. The lowest BCUT2D eigenvalue weighted by Crippen LogP contribution is -2.58. The molecule has 7 heteroatoms. The molecule has 0 bridgehead atoms. The van der Waals surface area contributed by atoms with Gasteiger partial charge in [-0.2, -0.15) is 0 Å². The normalized spacial score (nSPS) is 28.9. The number of hydrogen-bond donors (Lipinski definition) is 2. The van der Waals surface area contributed by atoms with E-state index in [9.17, 15) is 19.5 Å². The van der Waals surface area contributed by atoms with Crippen LogP contribution in [0.15, 0.2) is 54.6 Å². The van der Waals surface area contributed by atoms with E-state index in [-0.39, 0.29) is 24.3 Å². The fraction of sp³-hybridized carbons (Fsp3) is 0.464. The largest absolute Gasteiger partial charge is 0.480 e. The molecular weight excluding hydrogens is 442 g/mol. The van der Waals surface area contributed by atoms with Gasteiger partial charge in [0.2, 0.25) is 11.8 Å². The summed E-state index contributed by atoms with van der Waals surface area (Å²) in [5.41, 5.74) is 1.09. The first-order valence-corrected chi connectivity index (χ1v) is 12.5. The first kappa shape index (κ1) is 23.5. The van der Waals surface area contributed by atoms with Gasteiger partial charge in [-0.1, -0.05) is 61.7 Å². The summed E-state index contributed by atoms with van der Waals surface area (Å²) < 4.78 is 0. The Morgan fingerprint density at radius 3 is 2.26 bits per heavy atom. The van der Waals surface area contributed by atoms with Gasteiger partial charge in [0.05, 0.1) is 11.8 Å². The number of anilines is 1. The van der Waals surface area contributed by atoms with Crippen molar-refractivity contribution in [3.63, 3.8) is 0 Å². The monoisotopic (exact) mass is 475 g/mol. The van der Waals surface area contributed by atoms with Crippen LogP contribution in [0.3, 0.4) is 0 Å². The first-order chi connectivity index (χ1) is 16.8. The average Bonchev–Trinajstić information content (AvgIpc) is 3.34. The maximum atomic E-state index is 13.9. The van der Waals surface area contributed by atoms with Crippen LogP contribution in [0, 0.1) is 11.8 Å². The highest BCUT2D eigenvalue weighted by molar-refractivity contribution is 6.09. The molecule has 3 fully saturated rings. The molecular formula is C28H33N3O4. The van der Waals surface area contributed by atoms with Crippen LogP contribution >= 0.6 is 0 Å². The standard InChI is InChI=1S/C28H33N3O4/c1-30(2)20-15-13-19(14-16-20)24-22-23(26(33)31(25(22)32)21-11-7-4-8-12-21)28(29-24,27(34)35)17-18-9-5-3-6-10-18/h3,5-6,9-10,13-16,21-24,29H,4,7-8,11-12,17H2,1-2H3,(H,34,35). The van der Waals surface area contributed by atoms with Crippen LogP contribution in [0.4, 0.5) is 5.69 Å². The summed E-state index contributed by atoms with van der Waals surface area (Å²) in [7, 11) is 3.91. The van der Waals surface area contributed by atoms with Crippen molar-refractivity contribution in [1.82, 2.24) is 10.2 Å². The second kappa shape index (κ2) is 9.11. The lowest BCUT2D eigenvalue weighted by molar-refractivity contribution is -0.152. The molecule has 3 aliphatic rings. The Labute approximate surface area is 206 Å². The van der Waals surface area contributed by atoms with Gasteiger partial charge in [0.25, 0.3) is 0 Å². The van der Waals surface area contributed by atoms with Crippen LogP contribution in [0.1, 0.15) is 49.3 Å². The number of carboxylic acid groups (broad SMARTS) is 1. The summed E-state index contributed by atoms with van der Waals surface area (Å²) in [6.45, 7) is 0. The molecule has 1 aliphatic carbocycles. The van der Waals surface area contributed by atoms with Crippen molar-refractivity contribution in [2.24, 2.45) is 11.8 Å². The van der Waals surface area contributed by atoms with Crippen molar-refractivity contribution in [3.8, 4) is 0 Å². The lowest BCUT2D eigenvalue weighted by atomic mass is 9.76. The van der Waals surface area contributed by atoms with E-state index in [1.54, 1.807) is 0 Å². The van der Waals surface area contributed by atoms with Crippen molar-refractivity contribution < 1.29 is 19.5 Å². The summed E-state index contributed by atoms with van der Waals surface area (Å²) in [5, 5.41) is 13.9. The summed E-state index contributed by atoms with van der Waals surface area (Å²) in [5.74, 6) is -3.33. The zero-order valence-electron chi connectivity index (χ0n) is 20.3. The number of rotatable bonds is 6. The molecule has 2 amide bonds. The van der Waals surface area contributed by atoms with E-state index in [1.807, 2.05) is 73.6 Å². The number of hydrogen-bond acceptors (Lipinski definition) is 5. The number of nitrogens with zero attached hydrogens (tertiary/aromatic N) is 2. The molecule has 0 spiro atoms. The SMILES string of the molecule is CN(C)c1ccc(C2NC(Cc3ccccc3)(C(=O)O)C3C(=O)N(C4CCCCC4)C(=O)C23)cc1. The predicted molar refractivity (Wildman–Crippen MR) is 133 cm³/mol. The Bertz CT molecular complexity index is 1110. The molecule has 4 unspecified atom stereocenters. The third kappa shape index (κ3) is 3.92. The molecule has 2 N–H and O–H groups in total. The van der Waals surface area contributed by atoms with Crippen molar-refractivity contribution in [2.45, 2.75) is 56.1 Å². The Morgan fingerprint density at radius 2 is 1.66 bits per heavy atom. The Morgan fingerprint density at radius 1 is 1.00 bits per heavy atom. The highest BCUT2D eigenvalue weighted by Gasteiger charge is 2.69. The highest BCUT2D eigenvalue weighted by Crippen LogP contribution is 2.51. The van der Waals surface area contributed by atoms with Crippen LogP contribution in [-0.4, -0.2) is 53.5 Å².